The summed E-state index contributed by atoms with van der Waals surface area (Å²) in [6.07, 6.45) is -2.89. The summed E-state index contributed by atoms with van der Waals surface area (Å²) in [5, 5.41) is 6.13. The fourth-order valence-corrected chi connectivity index (χ4v) is 2.77. The molecule has 134 valence electrons. The number of aromatic amines is 1. The molecule has 0 aliphatic carbocycles. The average Bonchev–Trinajstić information content (AvgIpc) is 3.11. The highest BCUT2D eigenvalue weighted by Crippen LogP contribution is 2.26. The molecule has 1 aliphatic heterocycles. The Morgan fingerprint density at radius 2 is 2.12 bits per heavy atom. The van der Waals surface area contributed by atoms with Crippen LogP contribution in [-0.4, -0.2) is 35.7 Å². The van der Waals surface area contributed by atoms with Gasteiger partial charge < -0.3 is 20.4 Å². The second-order valence-electron chi connectivity index (χ2n) is 5.83. The van der Waals surface area contributed by atoms with E-state index in [1.807, 2.05) is 0 Å². The first-order chi connectivity index (χ1) is 11.8. The van der Waals surface area contributed by atoms with Crippen molar-refractivity contribution in [2.45, 2.75) is 31.7 Å². The number of ether oxygens (including phenoxy) is 1. The molecule has 0 saturated carbocycles. The zero-order valence-electron chi connectivity index (χ0n) is 13.1. The van der Waals surface area contributed by atoms with E-state index in [2.05, 4.69) is 20.4 Å². The standard InChI is InChI=1S/C16H16F3N3O3/c17-16(18,19)25-11-3-1-9-7-13(22-12(9)8-11)15(24)20-6-5-10-2-4-14(23)21-10/h1,3,7-8,10,22H,2,4-6H2,(H,20,24)(H,21,23). The summed E-state index contributed by atoms with van der Waals surface area (Å²) in [5.41, 5.74) is 0.615. The number of hydrogen-bond donors (Lipinski definition) is 3. The van der Waals surface area contributed by atoms with Gasteiger partial charge in [-0.3, -0.25) is 9.59 Å². The third-order valence-electron chi connectivity index (χ3n) is 3.94. The van der Waals surface area contributed by atoms with Crippen LogP contribution in [0, 0.1) is 0 Å². The Balaban J connectivity index is 1.60. The molecule has 1 aromatic heterocycles. The van der Waals surface area contributed by atoms with E-state index < -0.39 is 6.36 Å². The molecule has 1 aliphatic rings. The molecule has 0 bridgehead atoms. The number of rotatable bonds is 5. The molecule has 3 N–H and O–H groups in total. The third kappa shape index (κ3) is 4.43. The zero-order valence-corrected chi connectivity index (χ0v) is 13.1. The molecule has 0 radical (unpaired) electrons. The summed E-state index contributed by atoms with van der Waals surface area (Å²) in [7, 11) is 0. The van der Waals surface area contributed by atoms with Gasteiger partial charge in [-0.25, -0.2) is 0 Å². The van der Waals surface area contributed by atoms with Crippen LogP contribution >= 0.6 is 0 Å². The van der Waals surface area contributed by atoms with Crippen LogP contribution in [-0.2, 0) is 4.79 Å². The number of alkyl halides is 3. The maximum Gasteiger partial charge on any atom is 0.573 e. The summed E-state index contributed by atoms with van der Waals surface area (Å²) >= 11 is 0. The molecule has 1 fully saturated rings. The molecule has 1 atom stereocenters. The van der Waals surface area contributed by atoms with E-state index in [1.165, 1.54) is 18.2 Å². The van der Waals surface area contributed by atoms with Crippen molar-refractivity contribution in [3.63, 3.8) is 0 Å². The first-order valence-electron chi connectivity index (χ1n) is 7.76. The van der Waals surface area contributed by atoms with Gasteiger partial charge in [-0.1, -0.05) is 0 Å². The van der Waals surface area contributed by atoms with E-state index in [4.69, 9.17) is 0 Å². The lowest BCUT2D eigenvalue weighted by molar-refractivity contribution is -0.274. The SMILES string of the molecule is O=C1CCC(CCNC(=O)c2cc3ccc(OC(F)(F)F)cc3[nH]2)N1. The van der Waals surface area contributed by atoms with Crippen LogP contribution in [0.4, 0.5) is 13.2 Å². The minimum absolute atomic E-state index is 0.0174. The number of carbonyl (C=O) groups excluding carboxylic acids is 2. The minimum Gasteiger partial charge on any atom is -0.406 e. The predicted octanol–water partition coefficient (Wildman–Crippen LogP) is 2.46. The first kappa shape index (κ1) is 17.1. The van der Waals surface area contributed by atoms with Gasteiger partial charge in [-0.15, -0.1) is 13.2 Å². The number of aromatic nitrogens is 1. The van der Waals surface area contributed by atoms with Crippen LogP contribution in [0.15, 0.2) is 24.3 Å². The summed E-state index contributed by atoms with van der Waals surface area (Å²) in [4.78, 5) is 26.0. The number of fused-ring (bicyclic) bond motifs is 1. The number of hydrogen-bond acceptors (Lipinski definition) is 3. The Hall–Kier alpha value is -2.71. The summed E-state index contributed by atoms with van der Waals surface area (Å²) < 4.78 is 40.6. The van der Waals surface area contributed by atoms with Crippen molar-refractivity contribution in [2.24, 2.45) is 0 Å². The topological polar surface area (TPSA) is 83.2 Å². The van der Waals surface area contributed by atoms with Crippen molar-refractivity contribution in [3.8, 4) is 5.75 Å². The van der Waals surface area contributed by atoms with Crippen LogP contribution < -0.4 is 15.4 Å². The van der Waals surface area contributed by atoms with Crippen LogP contribution in [0.25, 0.3) is 10.9 Å². The van der Waals surface area contributed by atoms with Gasteiger partial charge in [-0.2, -0.15) is 0 Å². The number of halogens is 3. The van der Waals surface area contributed by atoms with E-state index in [9.17, 15) is 22.8 Å². The summed E-state index contributed by atoms with van der Waals surface area (Å²) in [5.74, 6) is -0.701. The van der Waals surface area contributed by atoms with Crippen molar-refractivity contribution >= 4 is 22.7 Å². The zero-order chi connectivity index (χ0) is 18.0. The second-order valence-corrected chi connectivity index (χ2v) is 5.83. The molecule has 2 heterocycles. The molecule has 9 heteroatoms. The second kappa shape index (κ2) is 6.66. The molecule has 3 rings (SSSR count). The molecule has 1 saturated heterocycles. The summed E-state index contributed by atoms with van der Waals surface area (Å²) in [6.45, 7) is 0.390. The lowest BCUT2D eigenvalue weighted by atomic mass is 10.1. The van der Waals surface area contributed by atoms with E-state index in [0.717, 1.165) is 6.42 Å². The van der Waals surface area contributed by atoms with Crippen molar-refractivity contribution < 1.29 is 27.5 Å². The molecular weight excluding hydrogens is 339 g/mol. The third-order valence-corrected chi connectivity index (χ3v) is 3.94. The average molecular weight is 355 g/mol. The Bertz CT molecular complexity index is 801. The number of amides is 2. The fourth-order valence-electron chi connectivity index (χ4n) is 2.77. The highest BCUT2D eigenvalue weighted by atomic mass is 19.4. The Morgan fingerprint density at radius 1 is 1.32 bits per heavy atom. The van der Waals surface area contributed by atoms with Gasteiger partial charge in [0.15, 0.2) is 0 Å². The van der Waals surface area contributed by atoms with Crippen molar-refractivity contribution in [1.82, 2.24) is 15.6 Å². The Labute approximate surface area is 140 Å². The first-order valence-corrected chi connectivity index (χ1v) is 7.76. The van der Waals surface area contributed by atoms with Crippen LogP contribution in [0.5, 0.6) is 5.75 Å². The minimum atomic E-state index is -4.77. The van der Waals surface area contributed by atoms with Gasteiger partial charge in [0.05, 0.1) is 0 Å². The molecule has 25 heavy (non-hydrogen) atoms. The Kier molecular flexibility index (Phi) is 4.56. The van der Waals surface area contributed by atoms with Gasteiger partial charge in [0.2, 0.25) is 5.91 Å². The lowest BCUT2D eigenvalue weighted by Gasteiger charge is -2.10. The van der Waals surface area contributed by atoms with Gasteiger partial charge in [0, 0.05) is 36.0 Å². The fraction of sp³-hybridized carbons (Fsp3) is 0.375. The van der Waals surface area contributed by atoms with Crippen LogP contribution in [0.1, 0.15) is 29.8 Å². The molecule has 0 spiro atoms. The smallest absolute Gasteiger partial charge is 0.406 e. The van der Waals surface area contributed by atoms with Crippen molar-refractivity contribution in [1.29, 1.82) is 0 Å². The number of H-pyrrole nitrogens is 1. The molecule has 1 aromatic carbocycles. The van der Waals surface area contributed by atoms with E-state index in [1.54, 1.807) is 6.07 Å². The largest absolute Gasteiger partial charge is 0.573 e. The normalized spacial score (nSPS) is 17.6. The molecule has 2 aromatic rings. The van der Waals surface area contributed by atoms with Crippen molar-refractivity contribution in [2.75, 3.05) is 6.54 Å². The van der Waals surface area contributed by atoms with Crippen molar-refractivity contribution in [3.05, 3.63) is 30.0 Å². The maximum atomic E-state index is 12.2. The van der Waals surface area contributed by atoms with Gasteiger partial charge >= 0.3 is 6.36 Å². The predicted molar refractivity (Wildman–Crippen MR) is 83.1 cm³/mol. The van der Waals surface area contributed by atoms with Gasteiger partial charge in [0.1, 0.15) is 11.4 Å². The van der Waals surface area contributed by atoms with Gasteiger partial charge in [0.25, 0.3) is 5.91 Å². The van der Waals surface area contributed by atoms with E-state index >= 15 is 0 Å². The number of nitrogens with one attached hydrogen (secondary N) is 3. The van der Waals surface area contributed by atoms with E-state index in [-0.39, 0.29) is 29.3 Å². The van der Waals surface area contributed by atoms with Crippen LogP contribution in [0.2, 0.25) is 0 Å². The van der Waals surface area contributed by atoms with E-state index in [0.29, 0.717) is 30.3 Å². The molecular formula is C16H16F3N3O3. The maximum absolute atomic E-state index is 12.2. The number of carbonyl (C=O) groups is 2. The monoisotopic (exact) mass is 355 g/mol. The van der Waals surface area contributed by atoms with Crippen LogP contribution in [0.3, 0.4) is 0 Å². The van der Waals surface area contributed by atoms with Gasteiger partial charge in [-0.05, 0) is 31.0 Å². The molecule has 2 amide bonds. The summed E-state index contributed by atoms with van der Waals surface area (Å²) in [6, 6.07) is 5.44. The molecule has 1 unspecified atom stereocenters. The molecule has 6 nitrogen and oxygen atoms in total. The highest BCUT2D eigenvalue weighted by molar-refractivity contribution is 5.98. The quantitative estimate of drug-likeness (QED) is 0.770. The lowest BCUT2D eigenvalue weighted by Crippen LogP contribution is -2.32. The number of benzene rings is 1. The highest BCUT2D eigenvalue weighted by Gasteiger charge is 2.31. The Morgan fingerprint density at radius 3 is 2.80 bits per heavy atom.